The van der Waals surface area contributed by atoms with Crippen molar-refractivity contribution in [2.45, 2.75) is 6.54 Å². The Morgan fingerprint density at radius 3 is 2.27 bits per heavy atom. The quantitative estimate of drug-likeness (QED) is 0.828. The van der Waals surface area contributed by atoms with Gasteiger partial charge in [-0.15, -0.1) is 0 Å². The van der Waals surface area contributed by atoms with Gasteiger partial charge in [-0.3, -0.25) is 4.90 Å². The minimum absolute atomic E-state index is 0.151. The van der Waals surface area contributed by atoms with Crippen LogP contribution in [0.1, 0.15) is 5.56 Å². The van der Waals surface area contributed by atoms with Crippen LogP contribution in [0.15, 0.2) is 41.0 Å². The fourth-order valence-corrected chi connectivity index (χ4v) is 2.83. The van der Waals surface area contributed by atoms with Crippen LogP contribution in [0.4, 0.5) is 14.6 Å². The summed E-state index contributed by atoms with van der Waals surface area (Å²) in [7, 11) is 0. The van der Waals surface area contributed by atoms with Crippen LogP contribution in [-0.2, 0) is 6.54 Å². The maximum absolute atomic E-state index is 13.7. The largest absolute Gasteiger partial charge is 0.354 e. The highest BCUT2D eigenvalue weighted by molar-refractivity contribution is 9.10. The second-order valence-corrected chi connectivity index (χ2v) is 6.21. The average molecular weight is 368 g/mol. The summed E-state index contributed by atoms with van der Waals surface area (Å²) in [5.41, 5.74) is 0.151. The number of piperazine rings is 1. The first-order valence-electron chi connectivity index (χ1n) is 7.15. The van der Waals surface area contributed by atoms with Crippen molar-refractivity contribution in [3.8, 4) is 0 Å². The molecule has 1 saturated heterocycles. The zero-order valence-electron chi connectivity index (χ0n) is 12.0. The van der Waals surface area contributed by atoms with Crippen molar-refractivity contribution in [3.63, 3.8) is 0 Å². The molecule has 116 valence electrons. The van der Waals surface area contributed by atoms with Crippen LogP contribution in [0.5, 0.6) is 0 Å². The summed E-state index contributed by atoms with van der Waals surface area (Å²) in [4.78, 5) is 8.63. The van der Waals surface area contributed by atoms with Crippen LogP contribution in [0.3, 0.4) is 0 Å². The molecule has 2 heterocycles. The van der Waals surface area contributed by atoms with Gasteiger partial charge < -0.3 is 4.90 Å². The van der Waals surface area contributed by atoms with E-state index in [1.165, 1.54) is 18.2 Å². The summed E-state index contributed by atoms with van der Waals surface area (Å²) >= 11 is 3.37. The summed E-state index contributed by atoms with van der Waals surface area (Å²) in [6.45, 7) is 3.41. The van der Waals surface area contributed by atoms with Gasteiger partial charge in [0, 0.05) is 49.0 Å². The smallest absolute Gasteiger partial charge is 0.130 e. The minimum Gasteiger partial charge on any atom is -0.354 e. The SMILES string of the molecule is Fc1cccc(F)c1CN1CCN(c2ccc(Br)cn2)CC1. The number of hydrogen-bond donors (Lipinski definition) is 0. The highest BCUT2D eigenvalue weighted by Crippen LogP contribution is 2.19. The lowest BCUT2D eigenvalue weighted by atomic mass is 10.1. The van der Waals surface area contributed by atoms with Crippen molar-refractivity contribution >= 4 is 21.7 Å². The lowest BCUT2D eigenvalue weighted by molar-refractivity contribution is 0.242. The molecular weight excluding hydrogens is 352 g/mol. The Morgan fingerprint density at radius 1 is 1.00 bits per heavy atom. The summed E-state index contributed by atoms with van der Waals surface area (Å²) in [6.07, 6.45) is 1.77. The molecule has 3 rings (SSSR count). The van der Waals surface area contributed by atoms with Crippen LogP contribution in [-0.4, -0.2) is 36.1 Å². The summed E-state index contributed by atoms with van der Waals surface area (Å²) in [5.74, 6) is -0.0195. The van der Waals surface area contributed by atoms with Crippen LogP contribution >= 0.6 is 15.9 Å². The Morgan fingerprint density at radius 2 is 1.68 bits per heavy atom. The van der Waals surface area contributed by atoms with Crippen molar-refractivity contribution in [1.82, 2.24) is 9.88 Å². The molecule has 6 heteroatoms. The van der Waals surface area contributed by atoms with E-state index in [1.807, 2.05) is 12.1 Å². The van der Waals surface area contributed by atoms with Crippen LogP contribution in [0.2, 0.25) is 0 Å². The van der Waals surface area contributed by atoms with E-state index in [-0.39, 0.29) is 5.56 Å². The van der Waals surface area contributed by atoms with E-state index in [0.717, 1.165) is 36.5 Å². The highest BCUT2D eigenvalue weighted by atomic mass is 79.9. The highest BCUT2D eigenvalue weighted by Gasteiger charge is 2.20. The van der Waals surface area contributed by atoms with Gasteiger partial charge in [0.15, 0.2) is 0 Å². The minimum atomic E-state index is -0.475. The average Bonchev–Trinajstić information content (AvgIpc) is 2.53. The molecule has 1 aromatic heterocycles. The van der Waals surface area contributed by atoms with Gasteiger partial charge in [-0.05, 0) is 40.2 Å². The predicted molar refractivity (Wildman–Crippen MR) is 85.8 cm³/mol. The Bertz CT molecular complexity index is 620. The van der Waals surface area contributed by atoms with Crippen molar-refractivity contribution in [3.05, 3.63) is 58.2 Å². The molecule has 0 atom stereocenters. The summed E-state index contributed by atoms with van der Waals surface area (Å²) < 4.78 is 28.3. The molecule has 0 saturated carbocycles. The molecule has 1 aliphatic rings. The van der Waals surface area contributed by atoms with Crippen molar-refractivity contribution in [2.75, 3.05) is 31.1 Å². The lowest BCUT2D eigenvalue weighted by Gasteiger charge is -2.35. The summed E-state index contributed by atoms with van der Waals surface area (Å²) in [5, 5.41) is 0. The second kappa shape index (κ2) is 6.71. The van der Waals surface area contributed by atoms with E-state index in [1.54, 1.807) is 6.20 Å². The Balaban J connectivity index is 1.61. The van der Waals surface area contributed by atoms with E-state index < -0.39 is 11.6 Å². The normalized spacial score (nSPS) is 16.0. The first-order valence-corrected chi connectivity index (χ1v) is 7.94. The number of aromatic nitrogens is 1. The Labute approximate surface area is 136 Å². The number of halogens is 3. The van der Waals surface area contributed by atoms with Gasteiger partial charge in [0.1, 0.15) is 17.5 Å². The second-order valence-electron chi connectivity index (χ2n) is 5.30. The number of nitrogens with zero attached hydrogens (tertiary/aromatic N) is 3. The van der Waals surface area contributed by atoms with Gasteiger partial charge in [0.2, 0.25) is 0 Å². The molecule has 0 N–H and O–H groups in total. The Kier molecular flexibility index (Phi) is 4.69. The van der Waals surface area contributed by atoms with Crippen molar-refractivity contribution < 1.29 is 8.78 Å². The van der Waals surface area contributed by atoms with Gasteiger partial charge >= 0.3 is 0 Å². The lowest BCUT2D eigenvalue weighted by Crippen LogP contribution is -2.46. The van der Waals surface area contributed by atoms with Gasteiger partial charge in [-0.25, -0.2) is 13.8 Å². The van der Waals surface area contributed by atoms with Gasteiger partial charge in [0.25, 0.3) is 0 Å². The van der Waals surface area contributed by atoms with Gasteiger partial charge in [-0.1, -0.05) is 6.07 Å². The van der Waals surface area contributed by atoms with Crippen molar-refractivity contribution in [2.24, 2.45) is 0 Å². The third-order valence-electron chi connectivity index (χ3n) is 3.85. The number of benzene rings is 1. The number of pyridine rings is 1. The number of rotatable bonds is 3. The van der Waals surface area contributed by atoms with Crippen LogP contribution in [0, 0.1) is 11.6 Å². The predicted octanol–water partition coefficient (Wildman–Crippen LogP) is 3.44. The third-order valence-corrected chi connectivity index (χ3v) is 4.32. The van der Waals surface area contributed by atoms with Gasteiger partial charge in [-0.2, -0.15) is 0 Å². The third kappa shape index (κ3) is 3.44. The van der Waals surface area contributed by atoms with E-state index in [0.29, 0.717) is 6.54 Å². The summed E-state index contributed by atoms with van der Waals surface area (Å²) in [6, 6.07) is 7.94. The zero-order chi connectivity index (χ0) is 15.5. The zero-order valence-corrected chi connectivity index (χ0v) is 13.6. The molecule has 0 bridgehead atoms. The Hall–Kier alpha value is -1.53. The maximum Gasteiger partial charge on any atom is 0.130 e. The van der Waals surface area contributed by atoms with E-state index in [4.69, 9.17) is 0 Å². The van der Waals surface area contributed by atoms with E-state index in [9.17, 15) is 8.78 Å². The maximum atomic E-state index is 13.7. The molecule has 0 unspecified atom stereocenters. The number of anilines is 1. The molecule has 0 radical (unpaired) electrons. The fourth-order valence-electron chi connectivity index (χ4n) is 2.60. The number of hydrogen-bond acceptors (Lipinski definition) is 3. The monoisotopic (exact) mass is 367 g/mol. The standard InChI is InChI=1S/C16H16BrF2N3/c17-12-4-5-16(20-10-12)22-8-6-21(7-9-22)11-13-14(18)2-1-3-15(13)19/h1-5,10H,6-9,11H2. The van der Waals surface area contributed by atoms with Crippen LogP contribution < -0.4 is 4.90 Å². The first kappa shape index (κ1) is 15.4. The molecular formula is C16H16BrF2N3. The van der Waals surface area contributed by atoms with Crippen molar-refractivity contribution in [1.29, 1.82) is 0 Å². The molecule has 22 heavy (non-hydrogen) atoms. The molecule has 1 fully saturated rings. The first-order chi connectivity index (χ1) is 10.6. The van der Waals surface area contributed by atoms with E-state index >= 15 is 0 Å². The topological polar surface area (TPSA) is 19.4 Å². The van der Waals surface area contributed by atoms with E-state index in [2.05, 4.69) is 30.7 Å². The molecule has 0 spiro atoms. The fraction of sp³-hybridized carbons (Fsp3) is 0.312. The van der Waals surface area contributed by atoms with Crippen LogP contribution in [0.25, 0.3) is 0 Å². The molecule has 3 nitrogen and oxygen atoms in total. The van der Waals surface area contributed by atoms with Gasteiger partial charge in [0.05, 0.1) is 0 Å². The molecule has 1 aliphatic heterocycles. The molecule has 0 amide bonds. The molecule has 1 aromatic carbocycles. The molecule has 0 aliphatic carbocycles. The molecule has 2 aromatic rings.